The highest BCUT2D eigenvalue weighted by Crippen LogP contribution is 2.16. The molecule has 1 amide bonds. The molecule has 0 bridgehead atoms. The molecule has 4 nitrogen and oxygen atoms in total. The fourth-order valence-electron chi connectivity index (χ4n) is 1.77. The van der Waals surface area contributed by atoms with E-state index in [1.807, 2.05) is 0 Å². The third-order valence-electron chi connectivity index (χ3n) is 2.79. The molecule has 1 rings (SSSR count). The van der Waals surface area contributed by atoms with Crippen LogP contribution in [-0.2, 0) is 9.53 Å². The average molecular weight is 201 g/mol. The van der Waals surface area contributed by atoms with Crippen LogP contribution in [0.4, 0.5) is 0 Å². The van der Waals surface area contributed by atoms with Crippen LogP contribution in [0.25, 0.3) is 0 Å². The lowest BCUT2D eigenvalue weighted by Crippen LogP contribution is -2.45. The maximum atomic E-state index is 11.7. The molecule has 14 heavy (non-hydrogen) atoms. The number of ether oxygens (including phenoxy) is 1. The van der Waals surface area contributed by atoms with Crippen molar-refractivity contribution in [3.63, 3.8) is 0 Å². The lowest BCUT2D eigenvalue weighted by molar-refractivity contribution is -0.143. The van der Waals surface area contributed by atoms with Crippen LogP contribution in [0.1, 0.15) is 19.8 Å². The monoisotopic (exact) mass is 201 g/mol. The zero-order valence-electron chi connectivity index (χ0n) is 8.90. The van der Waals surface area contributed by atoms with Crippen molar-refractivity contribution in [3.8, 4) is 0 Å². The Labute approximate surface area is 84.8 Å². The summed E-state index contributed by atoms with van der Waals surface area (Å²) in [5.41, 5.74) is 0. The van der Waals surface area contributed by atoms with Crippen LogP contribution in [0.3, 0.4) is 0 Å². The van der Waals surface area contributed by atoms with Gasteiger partial charge in [0.1, 0.15) is 6.10 Å². The number of amides is 1. The highest BCUT2D eigenvalue weighted by molar-refractivity contribution is 5.80. The Balaban J connectivity index is 2.47. The van der Waals surface area contributed by atoms with E-state index in [9.17, 15) is 4.79 Å². The molecule has 0 radical (unpaired) electrons. The number of hydrogen-bond acceptors (Lipinski definition) is 3. The van der Waals surface area contributed by atoms with Crippen molar-refractivity contribution in [3.05, 3.63) is 0 Å². The maximum absolute atomic E-state index is 11.7. The van der Waals surface area contributed by atoms with Crippen LogP contribution in [0.2, 0.25) is 0 Å². The van der Waals surface area contributed by atoms with Crippen molar-refractivity contribution in [1.29, 1.82) is 0 Å². The zero-order chi connectivity index (χ0) is 10.6. The molecular formula is C10H19NO3. The molecule has 2 unspecified atom stereocenters. The first kappa shape index (κ1) is 11.5. The van der Waals surface area contributed by atoms with Crippen molar-refractivity contribution in [2.75, 3.05) is 26.8 Å². The van der Waals surface area contributed by atoms with Gasteiger partial charge in [-0.2, -0.15) is 0 Å². The van der Waals surface area contributed by atoms with E-state index < -0.39 is 0 Å². The number of rotatable bonds is 3. The molecule has 82 valence electrons. The van der Waals surface area contributed by atoms with Crippen LogP contribution >= 0.6 is 0 Å². The molecule has 4 heteroatoms. The number of hydrogen-bond donors (Lipinski definition) is 1. The van der Waals surface area contributed by atoms with E-state index in [1.54, 1.807) is 11.8 Å². The minimum absolute atomic E-state index is 0.0330. The van der Waals surface area contributed by atoms with Gasteiger partial charge in [0.25, 0.3) is 5.91 Å². The fourth-order valence-corrected chi connectivity index (χ4v) is 1.77. The number of aliphatic hydroxyl groups excluding tert-OH is 1. The molecule has 1 aliphatic heterocycles. The first-order valence-corrected chi connectivity index (χ1v) is 5.11. The largest absolute Gasteiger partial charge is 0.396 e. The van der Waals surface area contributed by atoms with Gasteiger partial charge in [0, 0.05) is 26.8 Å². The maximum Gasteiger partial charge on any atom is 0.251 e. The minimum Gasteiger partial charge on any atom is -0.396 e. The molecule has 1 saturated heterocycles. The van der Waals surface area contributed by atoms with Crippen LogP contribution < -0.4 is 0 Å². The minimum atomic E-state index is -0.368. The predicted molar refractivity (Wildman–Crippen MR) is 52.9 cm³/mol. The molecule has 1 heterocycles. The number of likely N-dealkylation sites (tertiary alicyclic amines) is 1. The SMILES string of the molecule is COC(C)C(=O)N1CCCC(CO)C1. The quantitative estimate of drug-likeness (QED) is 0.712. The first-order chi connectivity index (χ1) is 6.69. The lowest BCUT2D eigenvalue weighted by atomic mass is 9.99. The topological polar surface area (TPSA) is 49.8 Å². The molecule has 1 N–H and O–H groups in total. The summed E-state index contributed by atoms with van der Waals surface area (Å²) < 4.78 is 4.98. The fraction of sp³-hybridized carbons (Fsp3) is 0.900. The summed E-state index contributed by atoms with van der Waals surface area (Å²) in [5.74, 6) is 0.280. The molecule has 0 aliphatic carbocycles. The Hall–Kier alpha value is -0.610. The van der Waals surface area contributed by atoms with Crippen molar-refractivity contribution in [1.82, 2.24) is 4.90 Å². The van der Waals surface area contributed by atoms with Crippen LogP contribution in [0.5, 0.6) is 0 Å². The summed E-state index contributed by atoms with van der Waals surface area (Å²) in [6.07, 6.45) is 1.63. The van der Waals surface area contributed by atoms with Crippen molar-refractivity contribution in [2.45, 2.75) is 25.9 Å². The van der Waals surface area contributed by atoms with Gasteiger partial charge in [-0.3, -0.25) is 4.79 Å². The predicted octanol–water partition coefficient (Wildman–Crippen LogP) is 0.252. The van der Waals surface area contributed by atoms with Gasteiger partial charge in [0.05, 0.1) is 0 Å². The van der Waals surface area contributed by atoms with Gasteiger partial charge >= 0.3 is 0 Å². The lowest BCUT2D eigenvalue weighted by Gasteiger charge is -2.33. The van der Waals surface area contributed by atoms with E-state index in [0.29, 0.717) is 6.54 Å². The van der Waals surface area contributed by atoms with Gasteiger partial charge in [-0.1, -0.05) is 0 Å². The summed E-state index contributed by atoms with van der Waals surface area (Å²) in [5, 5.41) is 9.02. The summed E-state index contributed by atoms with van der Waals surface area (Å²) in [6.45, 7) is 3.39. The number of piperidine rings is 1. The van der Waals surface area contributed by atoms with Gasteiger partial charge < -0.3 is 14.7 Å². The summed E-state index contributed by atoms with van der Waals surface area (Å²) in [7, 11) is 1.54. The Morgan fingerprint density at radius 2 is 2.43 bits per heavy atom. The van der Waals surface area contributed by atoms with Crippen LogP contribution in [0, 0.1) is 5.92 Å². The van der Waals surface area contributed by atoms with E-state index in [1.165, 1.54) is 7.11 Å². The van der Waals surface area contributed by atoms with Gasteiger partial charge in [0.2, 0.25) is 0 Å². The molecule has 1 aliphatic rings. The van der Waals surface area contributed by atoms with Crippen molar-refractivity contribution in [2.24, 2.45) is 5.92 Å². The second-order valence-electron chi connectivity index (χ2n) is 3.85. The van der Waals surface area contributed by atoms with E-state index in [4.69, 9.17) is 9.84 Å². The first-order valence-electron chi connectivity index (χ1n) is 5.11. The molecule has 2 atom stereocenters. The molecule has 0 aromatic heterocycles. The normalized spacial score (nSPS) is 24.8. The molecule has 0 spiro atoms. The molecule has 0 aromatic carbocycles. The summed E-state index contributed by atoms with van der Waals surface area (Å²) >= 11 is 0. The second-order valence-corrected chi connectivity index (χ2v) is 3.85. The highest BCUT2D eigenvalue weighted by Gasteiger charge is 2.26. The number of carbonyl (C=O) groups excluding carboxylic acids is 1. The van der Waals surface area contributed by atoms with Crippen LogP contribution in [-0.4, -0.2) is 48.8 Å². The number of methoxy groups -OCH3 is 1. The van der Waals surface area contributed by atoms with Gasteiger partial charge in [-0.05, 0) is 25.7 Å². The Bertz CT molecular complexity index is 196. The Morgan fingerprint density at radius 3 is 3.00 bits per heavy atom. The summed E-state index contributed by atoms with van der Waals surface area (Å²) in [4.78, 5) is 13.5. The third kappa shape index (κ3) is 2.69. The smallest absolute Gasteiger partial charge is 0.251 e. The van der Waals surface area contributed by atoms with E-state index in [0.717, 1.165) is 19.4 Å². The number of aliphatic hydroxyl groups is 1. The van der Waals surface area contributed by atoms with Gasteiger partial charge in [-0.15, -0.1) is 0 Å². The van der Waals surface area contributed by atoms with Gasteiger partial charge in [0.15, 0.2) is 0 Å². The van der Waals surface area contributed by atoms with E-state index >= 15 is 0 Å². The molecule has 0 aromatic rings. The molecule has 0 saturated carbocycles. The number of carbonyl (C=O) groups is 1. The molecular weight excluding hydrogens is 182 g/mol. The summed E-state index contributed by atoms with van der Waals surface area (Å²) in [6, 6.07) is 0. The van der Waals surface area contributed by atoms with Gasteiger partial charge in [-0.25, -0.2) is 0 Å². The second kappa shape index (κ2) is 5.32. The molecule has 1 fully saturated rings. The van der Waals surface area contributed by atoms with E-state index in [2.05, 4.69) is 0 Å². The average Bonchev–Trinajstić information content (AvgIpc) is 2.27. The highest BCUT2D eigenvalue weighted by atomic mass is 16.5. The third-order valence-corrected chi connectivity index (χ3v) is 2.79. The Kier molecular flexibility index (Phi) is 4.35. The zero-order valence-corrected chi connectivity index (χ0v) is 8.90. The van der Waals surface area contributed by atoms with Crippen LogP contribution in [0.15, 0.2) is 0 Å². The number of nitrogens with zero attached hydrogens (tertiary/aromatic N) is 1. The van der Waals surface area contributed by atoms with E-state index in [-0.39, 0.29) is 24.5 Å². The standard InChI is InChI=1S/C10H19NO3/c1-8(14-2)10(13)11-5-3-4-9(6-11)7-12/h8-9,12H,3-7H2,1-2H3. The van der Waals surface area contributed by atoms with Crippen molar-refractivity contribution < 1.29 is 14.6 Å². The van der Waals surface area contributed by atoms with Crippen molar-refractivity contribution >= 4 is 5.91 Å². The Morgan fingerprint density at radius 1 is 1.71 bits per heavy atom.